The number of allylic oxidation sites excluding steroid dienone is 6. The number of carbonyl (C=O) groups excluding carboxylic acids is 3. The molecule has 1 unspecified atom stereocenters. The van der Waals surface area contributed by atoms with E-state index >= 15 is 0 Å². The molecule has 0 N–H and O–H groups in total. The normalized spacial score (nSPS) is 12.2. The second-order valence-corrected chi connectivity index (χ2v) is 20.6. The maximum absolute atomic E-state index is 12.8. The van der Waals surface area contributed by atoms with E-state index in [4.69, 9.17) is 14.2 Å². The maximum atomic E-state index is 12.8. The van der Waals surface area contributed by atoms with Crippen molar-refractivity contribution in [3.63, 3.8) is 0 Å². The van der Waals surface area contributed by atoms with Crippen LogP contribution in [0.5, 0.6) is 0 Å². The van der Waals surface area contributed by atoms with Crippen LogP contribution in [0.15, 0.2) is 36.5 Å². The van der Waals surface area contributed by atoms with Crippen molar-refractivity contribution >= 4 is 17.9 Å². The van der Waals surface area contributed by atoms with Gasteiger partial charge in [-0.2, -0.15) is 0 Å². The van der Waals surface area contributed by atoms with Gasteiger partial charge in [-0.1, -0.05) is 295 Å². The van der Waals surface area contributed by atoms with Crippen LogP contribution >= 0.6 is 0 Å². The fourth-order valence-electron chi connectivity index (χ4n) is 9.11. The minimum Gasteiger partial charge on any atom is -0.462 e. The lowest BCUT2D eigenvalue weighted by Crippen LogP contribution is -2.30. The van der Waals surface area contributed by atoms with Crippen molar-refractivity contribution in [3.8, 4) is 0 Å². The highest BCUT2D eigenvalue weighted by Gasteiger charge is 2.19. The first-order valence-electron chi connectivity index (χ1n) is 30.5. The van der Waals surface area contributed by atoms with Gasteiger partial charge in [-0.25, -0.2) is 0 Å². The number of esters is 3. The zero-order valence-corrected chi connectivity index (χ0v) is 46.3. The van der Waals surface area contributed by atoms with Crippen LogP contribution in [0.4, 0.5) is 0 Å². The van der Waals surface area contributed by atoms with Crippen LogP contribution in [-0.2, 0) is 28.6 Å². The van der Waals surface area contributed by atoms with Crippen LogP contribution in [0.25, 0.3) is 0 Å². The van der Waals surface area contributed by atoms with Crippen molar-refractivity contribution in [2.45, 2.75) is 335 Å². The smallest absolute Gasteiger partial charge is 0.306 e. The minimum atomic E-state index is -0.775. The summed E-state index contributed by atoms with van der Waals surface area (Å²) in [5.74, 6) is -0.888. The standard InChI is InChI=1S/C63H116O6/c1-4-7-10-13-16-18-20-22-24-25-26-27-28-29-30-31-32-33-34-35-36-37-38-40-41-43-45-47-50-53-56-62(65)68-59-60(58-67-61(64)55-52-49-15-12-9-6-3)69-63(66)57-54-51-48-46-44-42-39-23-21-19-17-14-11-8-5-2/h8,11,17,19,23,39,60H,4-7,9-10,12-16,18,20-22,24-38,40-59H2,1-3H3/b11-8-,19-17-,39-23-. The van der Waals surface area contributed by atoms with Crippen LogP contribution in [0, 0.1) is 0 Å². The summed E-state index contributed by atoms with van der Waals surface area (Å²) in [6, 6.07) is 0. The van der Waals surface area contributed by atoms with E-state index in [1.807, 2.05) is 0 Å². The zero-order valence-electron chi connectivity index (χ0n) is 46.3. The molecule has 1 atom stereocenters. The van der Waals surface area contributed by atoms with Gasteiger partial charge >= 0.3 is 17.9 Å². The molecule has 0 bridgehead atoms. The third-order valence-corrected chi connectivity index (χ3v) is 13.7. The maximum Gasteiger partial charge on any atom is 0.306 e. The van der Waals surface area contributed by atoms with E-state index in [0.29, 0.717) is 19.3 Å². The van der Waals surface area contributed by atoms with Gasteiger partial charge < -0.3 is 14.2 Å². The largest absolute Gasteiger partial charge is 0.462 e. The van der Waals surface area contributed by atoms with Gasteiger partial charge in [0.25, 0.3) is 0 Å². The molecule has 0 aliphatic heterocycles. The van der Waals surface area contributed by atoms with Gasteiger partial charge in [0.2, 0.25) is 0 Å². The molecule has 0 rings (SSSR count). The second-order valence-electron chi connectivity index (χ2n) is 20.6. The van der Waals surface area contributed by atoms with Crippen molar-refractivity contribution in [1.82, 2.24) is 0 Å². The molecule has 404 valence electrons. The molecule has 0 amide bonds. The molecule has 0 fully saturated rings. The van der Waals surface area contributed by atoms with E-state index in [0.717, 1.165) is 96.3 Å². The Morgan fingerprint density at radius 1 is 0.304 bits per heavy atom. The number of hydrogen-bond acceptors (Lipinski definition) is 6. The molecular weight excluding hydrogens is 853 g/mol. The van der Waals surface area contributed by atoms with Gasteiger partial charge in [0.05, 0.1) is 0 Å². The minimum absolute atomic E-state index is 0.0757. The predicted octanol–water partition coefficient (Wildman–Crippen LogP) is 20.4. The van der Waals surface area contributed by atoms with Crippen molar-refractivity contribution in [2.24, 2.45) is 0 Å². The fraction of sp³-hybridized carbons (Fsp3) is 0.857. The van der Waals surface area contributed by atoms with Gasteiger partial charge in [-0.05, 0) is 51.4 Å². The molecule has 0 heterocycles. The predicted molar refractivity (Wildman–Crippen MR) is 298 cm³/mol. The van der Waals surface area contributed by atoms with Gasteiger partial charge in [0.15, 0.2) is 6.10 Å². The third-order valence-electron chi connectivity index (χ3n) is 13.7. The second kappa shape index (κ2) is 58.2. The summed E-state index contributed by atoms with van der Waals surface area (Å²) < 4.78 is 16.7. The van der Waals surface area contributed by atoms with E-state index in [1.165, 1.54) is 193 Å². The fourth-order valence-corrected chi connectivity index (χ4v) is 9.11. The topological polar surface area (TPSA) is 78.9 Å². The Morgan fingerprint density at radius 3 is 0.884 bits per heavy atom. The van der Waals surface area contributed by atoms with Crippen molar-refractivity contribution in [1.29, 1.82) is 0 Å². The molecule has 0 aromatic carbocycles. The molecule has 0 aromatic rings. The first-order chi connectivity index (χ1) is 34.0. The molecule has 0 aliphatic carbocycles. The van der Waals surface area contributed by atoms with Gasteiger partial charge in [0, 0.05) is 19.3 Å². The van der Waals surface area contributed by atoms with E-state index in [9.17, 15) is 14.4 Å². The van der Waals surface area contributed by atoms with Crippen LogP contribution in [0.3, 0.4) is 0 Å². The number of ether oxygens (including phenoxy) is 3. The first kappa shape index (κ1) is 66.6. The van der Waals surface area contributed by atoms with E-state index in [2.05, 4.69) is 57.2 Å². The molecule has 6 heteroatoms. The van der Waals surface area contributed by atoms with Crippen molar-refractivity contribution < 1.29 is 28.6 Å². The highest BCUT2D eigenvalue weighted by Crippen LogP contribution is 2.18. The molecule has 6 nitrogen and oxygen atoms in total. The number of hydrogen-bond donors (Lipinski definition) is 0. The molecule has 69 heavy (non-hydrogen) atoms. The number of carbonyl (C=O) groups is 3. The number of unbranched alkanes of at least 4 members (excludes halogenated alkanes) is 39. The molecule has 0 radical (unpaired) electrons. The molecule has 0 saturated heterocycles. The van der Waals surface area contributed by atoms with Crippen molar-refractivity contribution in [3.05, 3.63) is 36.5 Å². The van der Waals surface area contributed by atoms with E-state index in [1.54, 1.807) is 0 Å². The molecule has 0 aromatic heterocycles. The van der Waals surface area contributed by atoms with Crippen molar-refractivity contribution in [2.75, 3.05) is 13.2 Å². The monoisotopic (exact) mass is 969 g/mol. The first-order valence-corrected chi connectivity index (χ1v) is 30.5. The van der Waals surface area contributed by atoms with Gasteiger partial charge in [-0.3, -0.25) is 14.4 Å². The average molecular weight is 970 g/mol. The Morgan fingerprint density at radius 2 is 0.565 bits per heavy atom. The Hall–Kier alpha value is -2.37. The summed E-state index contributed by atoms with van der Waals surface area (Å²) in [4.78, 5) is 37.9. The molecule has 0 aliphatic rings. The zero-order chi connectivity index (χ0) is 50.0. The lowest BCUT2D eigenvalue weighted by molar-refractivity contribution is -0.167. The van der Waals surface area contributed by atoms with Crippen LogP contribution in [-0.4, -0.2) is 37.2 Å². The SMILES string of the molecule is CC/C=C\C/C=C\C/C=C\CCCCCCCC(=O)OC(COC(=O)CCCCCCCC)COC(=O)CCCCCCCCCCCCCCCCCCCCCCCCCCCCCCCC. The Bertz CT molecular complexity index is 1160. The summed E-state index contributed by atoms with van der Waals surface area (Å²) in [6.07, 6.45) is 70.6. The Kier molecular flexibility index (Phi) is 56.2. The lowest BCUT2D eigenvalue weighted by Gasteiger charge is -2.18. The Balaban J connectivity index is 3.96. The number of rotatable bonds is 56. The summed E-state index contributed by atoms with van der Waals surface area (Å²) in [5.41, 5.74) is 0. The third kappa shape index (κ3) is 56.4. The summed E-state index contributed by atoms with van der Waals surface area (Å²) >= 11 is 0. The van der Waals surface area contributed by atoms with Crippen LogP contribution in [0.1, 0.15) is 329 Å². The van der Waals surface area contributed by atoms with E-state index < -0.39 is 6.10 Å². The average Bonchev–Trinajstić information content (AvgIpc) is 3.35. The molecular formula is C63H116O6. The lowest BCUT2D eigenvalue weighted by atomic mass is 10.0. The highest BCUT2D eigenvalue weighted by molar-refractivity contribution is 5.71. The summed E-state index contributed by atoms with van der Waals surface area (Å²) in [6.45, 7) is 6.49. The molecule has 0 spiro atoms. The van der Waals surface area contributed by atoms with Gasteiger partial charge in [-0.15, -0.1) is 0 Å². The molecule has 0 saturated carbocycles. The highest BCUT2D eigenvalue weighted by atomic mass is 16.6. The summed E-state index contributed by atoms with van der Waals surface area (Å²) in [5, 5.41) is 0. The summed E-state index contributed by atoms with van der Waals surface area (Å²) in [7, 11) is 0. The van der Waals surface area contributed by atoms with Gasteiger partial charge in [0.1, 0.15) is 13.2 Å². The Labute approximate surface area is 429 Å². The van der Waals surface area contributed by atoms with E-state index in [-0.39, 0.29) is 31.1 Å². The quantitative estimate of drug-likeness (QED) is 0.0261. The van der Waals surface area contributed by atoms with Crippen LogP contribution < -0.4 is 0 Å². The van der Waals surface area contributed by atoms with Crippen LogP contribution in [0.2, 0.25) is 0 Å².